The third kappa shape index (κ3) is 5.14. The van der Waals surface area contributed by atoms with Crippen LogP contribution in [0, 0.1) is 5.41 Å². The van der Waals surface area contributed by atoms with Gasteiger partial charge in [-0.2, -0.15) is 0 Å². The van der Waals surface area contributed by atoms with E-state index in [-0.39, 0.29) is 23.4 Å². The molecule has 10 nitrogen and oxygen atoms in total. The SMILES string of the molecule is C=CC(=O)N[C@H]1CCOC[C@H]1Nc1cc2c(N3CC4(COC4)C3)nc(-c3c(Cl)c(OC)cc(OC)c3Cl)cc2cn1. The first-order valence-corrected chi connectivity index (χ1v) is 14.1. The fraction of sp³-hybridized carbons (Fsp3) is 0.414. The van der Waals surface area contributed by atoms with E-state index in [1.54, 1.807) is 26.5 Å². The van der Waals surface area contributed by atoms with Gasteiger partial charge in [0, 0.05) is 48.3 Å². The summed E-state index contributed by atoms with van der Waals surface area (Å²) in [5.41, 5.74) is 1.28. The molecule has 1 spiro atoms. The van der Waals surface area contributed by atoms with Crippen molar-refractivity contribution in [2.75, 3.05) is 64.0 Å². The van der Waals surface area contributed by atoms with Crippen LogP contribution in [-0.2, 0) is 14.3 Å². The molecule has 3 fully saturated rings. The van der Waals surface area contributed by atoms with Crippen molar-refractivity contribution in [1.29, 1.82) is 0 Å². The molecule has 1 aromatic carbocycles. The highest BCUT2D eigenvalue weighted by molar-refractivity contribution is 6.41. The van der Waals surface area contributed by atoms with Crippen LogP contribution >= 0.6 is 23.2 Å². The van der Waals surface area contributed by atoms with Crippen LogP contribution in [0.25, 0.3) is 22.0 Å². The summed E-state index contributed by atoms with van der Waals surface area (Å²) in [6, 6.07) is 5.29. The van der Waals surface area contributed by atoms with E-state index in [4.69, 9.17) is 52.1 Å². The number of nitrogens with one attached hydrogen (secondary N) is 2. The minimum atomic E-state index is -0.215. The van der Waals surface area contributed by atoms with Crippen molar-refractivity contribution in [2.24, 2.45) is 5.41 Å². The van der Waals surface area contributed by atoms with Crippen LogP contribution < -0.4 is 25.0 Å². The molecule has 2 N–H and O–H groups in total. The number of benzene rings is 1. The average molecular weight is 601 g/mol. The number of ether oxygens (including phenoxy) is 4. The number of fused-ring (bicyclic) bond motifs is 1. The Kier molecular flexibility index (Phi) is 7.58. The van der Waals surface area contributed by atoms with Crippen molar-refractivity contribution in [1.82, 2.24) is 15.3 Å². The maximum Gasteiger partial charge on any atom is 0.243 e. The molecule has 0 unspecified atom stereocenters. The first-order chi connectivity index (χ1) is 19.8. The molecule has 1 amide bonds. The number of halogens is 2. The van der Waals surface area contributed by atoms with E-state index in [2.05, 4.69) is 22.1 Å². The van der Waals surface area contributed by atoms with Gasteiger partial charge in [-0.3, -0.25) is 4.79 Å². The summed E-state index contributed by atoms with van der Waals surface area (Å²) in [7, 11) is 3.09. The second-order valence-corrected chi connectivity index (χ2v) is 11.4. The minimum Gasteiger partial charge on any atom is -0.495 e. The molecule has 2 atom stereocenters. The van der Waals surface area contributed by atoms with E-state index in [0.717, 1.165) is 42.9 Å². The fourth-order valence-corrected chi connectivity index (χ4v) is 6.35. The van der Waals surface area contributed by atoms with Crippen LogP contribution in [0.2, 0.25) is 10.0 Å². The second-order valence-electron chi connectivity index (χ2n) is 10.7. The number of hydrogen-bond donors (Lipinski definition) is 2. The predicted molar refractivity (Wildman–Crippen MR) is 159 cm³/mol. The number of hydrogen-bond acceptors (Lipinski definition) is 9. The lowest BCUT2D eigenvalue weighted by Crippen LogP contribution is -2.66. The smallest absolute Gasteiger partial charge is 0.243 e. The summed E-state index contributed by atoms with van der Waals surface area (Å²) < 4.78 is 22.2. The number of carbonyl (C=O) groups is 1. The summed E-state index contributed by atoms with van der Waals surface area (Å²) in [5.74, 6) is 2.11. The Hall–Kier alpha value is -3.31. The molecule has 6 rings (SSSR count). The van der Waals surface area contributed by atoms with Gasteiger partial charge in [-0.15, -0.1) is 0 Å². The molecule has 216 valence electrons. The Labute approximate surface area is 247 Å². The molecular formula is C29H31Cl2N5O5. The predicted octanol–water partition coefficient (Wildman–Crippen LogP) is 4.33. The van der Waals surface area contributed by atoms with Crippen LogP contribution in [0.1, 0.15) is 6.42 Å². The Bertz CT molecular complexity index is 1480. The van der Waals surface area contributed by atoms with E-state index in [0.29, 0.717) is 58.3 Å². The third-order valence-corrected chi connectivity index (χ3v) is 8.65. The number of amides is 1. The zero-order chi connectivity index (χ0) is 28.7. The first kappa shape index (κ1) is 27.8. The number of anilines is 2. The lowest BCUT2D eigenvalue weighted by Gasteiger charge is -2.55. The molecule has 41 heavy (non-hydrogen) atoms. The van der Waals surface area contributed by atoms with Gasteiger partial charge in [0.25, 0.3) is 0 Å². The summed E-state index contributed by atoms with van der Waals surface area (Å²) >= 11 is 13.5. The van der Waals surface area contributed by atoms with Crippen molar-refractivity contribution >= 4 is 51.5 Å². The molecule has 3 aliphatic rings. The van der Waals surface area contributed by atoms with E-state index in [1.165, 1.54) is 6.08 Å². The van der Waals surface area contributed by atoms with Crippen LogP contribution in [0.15, 0.2) is 37.1 Å². The van der Waals surface area contributed by atoms with Crippen molar-refractivity contribution in [3.8, 4) is 22.8 Å². The normalized spacial score (nSPS) is 21.1. The van der Waals surface area contributed by atoms with Gasteiger partial charge in [-0.25, -0.2) is 9.97 Å². The van der Waals surface area contributed by atoms with Crippen molar-refractivity contribution < 1.29 is 23.7 Å². The Morgan fingerprint density at radius 1 is 1.12 bits per heavy atom. The number of pyridine rings is 2. The molecule has 12 heteroatoms. The monoisotopic (exact) mass is 599 g/mol. The maximum atomic E-state index is 12.0. The lowest BCUT2D eigenvalue weighted by molar-refractivity contribution is -0.127. The van der Waals surface area contributed by atoms with Crippen LogP contribution in [0.5, 0.6) is 11.5 Å². The van der Waals surface area contributed by atoms with Gasteiger partial charge in [0.15, 0.2) is 0 Å². The van der Waals surface area contributed by atoms with E-state index < -0.39 is 0 Å². The van der Waals surface area contributed by atoms with Gasteiger partial charge >= 0.3 is 0 Å². The topological polar surface area (TPSA) is 107 Å². The largest absolute Gasteiger partial charge is 0.495 e. The summed E-state index contributed by atoms with van der Waals surface area (Å²) in [6.07, 6.45) is 3.76. The fourth-order valence-electron chi connectivity index (χ4n) is 5.66. The van der Waals surface area contributed by atoms with Gasteiger partial charge < -0.3 is 34.5 Å². The van der Waals surface area contributed by atoms with Crippen LogP contribution in [-0.4, -0.2) is 81.7 Å². The van der Waals surface area contributed by atoms with E-state index >= 15 is 0 Å². The number of rotatable bonds is 8. The molecule has 5 heterocycles. The van der Waals surface area contributed by atoms with Crippen LogP contribution in [0.3, 0.4) is 0 Å². The Balaban J connectivity index is 1.41. The van der Waals surface area contributed by atoms with Crippen molar-refractivity contribution in [2.45, 2.75) is 18.5 Å². The van der Waals surface area contributed by atoms with Gasteiger partial charge in [-0.1, -0.05) is 29.8 Å². The van der Waals surface area contributed by atoms with Gasteiger partial charge in [0.2, 0.25) is 5.91 Å². The summed E-state index contributed by atoms with van der Waals surface area (Å²) in [4.78, 5) is 24.0. The molecule has 0 aliphatic carbocycles. The number of carbonyl (C=O) groups excluding carboxylic acids is 1. The molecule has 3 aliphatic heterocycles. The summed E-state index contributed by atoms with van der Waals surface area (Å²) in [6.45, 7) is 7.74. The molecular weight excluding hydrogens is 569 g/mol. The molecule has 3 saturated heterocycles. The van der Waals surface area contributed by atoms with Crippen LogP contribution in [0.4, 0.5) is 11.6 Å². The molecule has 2 aromatic heterocycles. The summed E-state index contributed by atoms with van der Waals surface area (Å²) in [5, 5.41) is 8.94. The second kappa shape index (κ2) is 11.2. The molecule has 0 radical (unpaired) electrons. The minimum absolute atomic E-state index is 0.118. The maximum absolute atomic E-state index is 12.0. The lowest BCUT2D eigenvalue weighted by atomic mass is 9.78. The van der Waals surface area contributed by atoms with Gasteiger partial charge in [0.1, 0.15) is 23.1 Å². The third-order valence-electron chi connectivity index (χ3n) is 7.90. The highest BCUT2D eigenvalue weighted by Gasteiger charge is 2.50. The Morgan fingerprint density at radius 2 is 1.85 bits per heavy atom. The number of nitrogens with zero attached hydrogens (tertiary/aromatic N) is 3. The first-order valence-electron chi connectivity index (χ1n) is 13.4. The zero-order valence-corrected chi connectivity index (χ0v) is 24.3. The van der Waals surface area contributed by atoms with Gasteiger partial charge in [0.05, 0.1) is 67.3 Å². The van der Waals surface area contributed by atoms with Crippen molar-refractivity contribution in [3.63, 3.8) is 0 Å². The molecule has 0 bridgehead atoms. The zero-order valence-electron chi connectivity index (χ0n) is 22.8. The highest BCUT2D eigenvalue weighted by Crippen LogP contribution is 2.48. The highest BCUT2D eigenvalue weighted by atomic mass is 35.5. The van der Waals surface area contributed by atoms with Gasteiger partial charge in [-0.05, 0) is 24.6 Å². The molecule has 3 aromatic rings. The van der Waals surface area contributed by atoms with Crippen molar-refractivity contribution in [3.05, 3.63) is 47.1 Å². The van der Waals surface area contributed by atoms with E-state index in [1.807, 2.05) is 12.1 Å². The average Bonchev–Trinajstić information content (AvgIpc) is 2.93. The van der Waals surface area contributed by atoms with E-state index in [9.17, 15) is 4.79 Å². The Morgan fingerprint density at radius 3 is 2.49 bits per heavy atom. The number of methoxy groups -OCH3 is 2. The quantitative estimate of drug-likeness (QED) is 0.366. The molecule has 0 saturated carbocycles. The standard InChI is InChI=1S/C29H31Cl2N5O5/c1-4-24(37)34-18-5-6-40-11-20(18)33-23-8-17-16(10-32-23)7-19(35-28(17)36-12-29(13-36)14-41-15-29)25-26(30)21(38-2)9-22(39-3)27(25)31/h4,7-10,18,20H,1,5-6,11-15H2,2-3H3,(H,32,33)(H,34,37)/t18-,20+/m0/s1. The number of aromatic nitrogens is 2.